The van der Waals surface area contributed by atoms with Gasteiger partial charge in [0.05, 0.1) is 0 Å². The minimum absolute atomic E-state index is 0.189. The van der Waals surface area contributed by atoms with Gasteiger partial charge in [-0.2, -0.15) is 0 Å². The Hall–Kier alpha value is -2.61. The minimum Gasteiger partial charge on any atom is -0.354 e. The molecular formula is C22H24N2. The van der Waals surface area contributed by atoms with Gasteiger partial charge >= 0.3 is 0 Å². The molecule has 0 heterocycles. The summed E-state index contributed by atoms with van der Waals surface area (Å²) in [6.45, 7) is 8.35. The average Bonchev–Trinajstić information content (AvgIpc) is 2.56. The van der Waals surface area contributed by atoms with Gasteiger partial charge in [0, 0.05) is 33.5 Å². The molecule has 0 bridgehead atoms. The van der Waals surface area contributed by atoms with Crippen LogP contribution in [0.2, 0.25) is 0 Å². The van der Waals surface area contributed by atoms with Gasteiger partial charge in [0.1, 0.15) is 0 Å². The second kappa shape index (κ2) is 6.12. The van der Waals surface area contributed by atoms with Gasteiger partial charge < -0.3 is 10.7 Å². The summed E-state index contributed by atoms with van der Waals surface area (Å²) in [5.74, 6) is 0. The zero-order chi connectivity index (χ0) is 17.3. The van der Waals surface area contributed by atoms with E-state index in [0.29, 0.717) is 5.71 Å². The molecule has 24 heavy (non-hydrogen) atoms. The predicted molar refractivity (Wildman–Crippen MR) is 105 cm³/mol. The highest BCUT2D eigenvalue weighted by Crippen LogP contribution is 2.33. The number of hydrogen-bond donors (Lipinski definition) is 2. The van der Waals surface area contributed by atoms with Gasteiger partial charge in [0.25, 0.3) is 0 Å². The van der Waals surface area contributed by atoms with E-state index in [2.05, 4.69) is 75.5 Å². The maximum atomic E-state index is 8.56. The van der Waals surface area contributed by atoms with Crippen LogP contribution in [-0.4, -0.2) is 5.71 Å². The van der Waals surface area contributed by atoms with E-state index in [1.807, 2.05) is 18.2 Å². The molecule has 0 spiro atoms. The van der Waals surface area contributed by atoms with Crippen LogP contribution in [0.15, 0.2) is 60.7 Å². The van der Waals surface area contributed by atoms with E-state index in [-0.39, 0.29) is 5.41 Å². The Balaban J connectivity index is 2.11. The third kappa shape index (κ3) is 3.05. The SMILES string of the molecule is Cc1ccc2ccccc2c1Nc1ccccc1C(=N)C(C)(C)C. The second-order valence-corrected chi connectivity index (χ2v) is 7.27. The molecule has 0 aliphatic rings. The fourth-order valence-corrected chi connectivity index (χ4v) is 2.90. The normalized spacial score (nSPS) is 11.5. The molecule has 0 aliphatic heterocycles. The number of anilines is 2. The van der Waals surface area contributed by atoms with E-state index in [4.69, 9.17) is 5.41 Å². The third-order valence-electron chi connectivity index (χ3n) is 4.34. The Morgan fingerprint density at radius 1 is 0.875 bits per heavy atom. The van der Waals surface area contributed by atoms with Crippen molar-refractivity contribution in [1.82, 2.24) is 0 Å². The number of benzene rings is 3. The van der Waals surface area contributed by atoms with Crippen molar-refractivity contribution in [1.29, 1.82) is 5.41 Å². The van der Waals surface area contributed by atoms with Crippen LogP contribution in [0, 0.1) is 17.7 Å². The smallest absolute Gasteiger partial charge is 0.0493 e. The molecule has 2 heteroatoms. The van der Waals surface area contributed by atoms with Crippen LogP contribution in [0.4, 0.5) is 11.4 Å². The van der Waals surface area contributed by atoms with Gasteiger partial charge in [-0.1, -0.05) is 75.4 Å². The van der Waals surface area contributed by atoms with Gasteiger partial charge in [-0.05, 0) is 23.9 Å². The number of fused-ring (bicyclic) bond motifs is 1. The summed E-state index contributed by atoms with van der Waals surface area (Å²) < 4.78 is 0. The number of nitrogens with one attached hydrogen (secondary N) is 2. The molecule has 3 rings (SSSR count). The number of hydrogen-bond acceptors (Lipinski definition) is 2. The lowest BCUT2D eigenvalue weighted by molar-refractivity contribution is 0.589. The Morgan fingerprint density at radius 3 is 2.29 bits per heavy atom. The molecule has 2 nitrogen and oxygen atoms in total. The van der Waals surface area contributed by atoms with Crippen molar-refractivity contribution in [2.24, 2.45) is 5.41 Å². The molecule has 3 aromatic carbocycles. The van der Waals surface area contributed by atoms with Gasteiger partial charge in [-0.25, -0.2) is 0 Å². The number of rotatable bonds is 3. The molecule has 2 N–H and O–H groups in total. The second-order valence-electron chi connectivity index (χ2n) is 7.27. The Morgan fingerprint density at radius 2 is 1.54 bits per heavy atom. The van der Waals surface area contributed by atoms with E-state index in [1.165, 1.54) is 16.3 Å². The van der Waals surface area contributed by atoms with Crippen molar-refractivity contribution < 1.29 is 0 Å². The first-order valence-electron chi connectivity index (χ1n) is 8.32. The lowest BCUT2D eigenvalue weighted by Gasteiger charge is -2.23. The zero-order valence-electron chi connectivity index (χ0n) is 14.8. The lowest BCUT2D eigenvalue weighted by atomic mass is 9.85. The zero-order valence-corrected chi connectivity index (χ0v) is 14.8. The quantitative estimate of drug-likeness (QED) is 0.546. The molecule has 0 aliphatic carbocycles. The van der Waals surface area contributed by atoms with E-state index >= 15 is 0 Å². The topological polar surface area (TPSA) is 35.9 Å². The van der Waals surface area contributed by atoms with Crippen LogP contribution in [-0.2, 0) is 0 Å². The maximum absolute atomic E-state index is 8.56. The predicted octanol–water partition coefficient (Wildman–Crippen LogP) is 6.31. The monoisotopic (exact) mass is 316 g/mol. The Bertz CT molecular complexity index is 901. The van der Waals surface area contributed by atoms with Crippen molar-refractivity contribution in [3.05, 3.63) is 71.8 Å². The van der Waals surface area contributed by atoms with Crippen molar-refractivity contribution >= 4 is 27.9 Å². The summed E-state index contributed by atoms with van der Waals surface area (Å²) in [6.07, 6.45) is 0. The Kier molecular flexibility index (Phi) is 4.15. The van der Waals surface area contributed by atoms with Crippen LogP contribution in [0.25, 0.3) is 10.8 Å². The molecule has 0 saturated carbocycles. The highest BCUT2D eigenvalue weighted by atomic mass is 14.9. The van der Waals surface area contributed by atoms with Crippen LogP contribution in [0.1, 0.15) is 31.9 Å². The summed E-state index contributed by atoms with van der Waals surface area (Å²) in [5.41, 5.74) is 4.71. The summed E-state index contributed by atoms with van der Waals surface area (Å²) in [7, 11) is 0. The maximum Gasteiger partial charge on any atom is 0.0493 e. The standard InChI is InChI=1S/C22H24N2/c1-15-13-14-16-9-5-6-10-17(16)20(15)24-19-12-8-7-11-18(19)21(23)22(2,3)4/h5-14,23-24H,1-4H3. The summed E-state index contributed by atoms with van der Waals surface area (Å²) in [5, 5.41) is 14.6. The average molecular weight is 316 g/mol. The van der Waals surface area contributed by atoms with Gasteiger partial charge in [0.15, 0.2) is 0 Å². The summed E-state index contributed by atoms with van der Waals surface area (Å²) >= 11 is 0. The molecule has 0 radical (unpaired) electrons. The van der Waals surface area contributed by atoms with E-state index in [0.717, 1.165) is 16.9 Å². The van der Waals surface area contributed by atoms with E-state index in [1.54, 1.807) is 0 Å². The highest BCUT2D eigenvalue weighted by molar-refractivity contribution is 6.07. The lowest BCUT2D eigenvalue weighted by Crippen LogP contribution is -2.21. The van der Waals surface area contributed by atoms with Gasteiger partial charge in [0.2, 0.25) is 0 Å². The highest BCUT2D eigenvalue weighted by Gasteiger charge is 2.21. The van der Waals surface area contributed by atoms with Crippen LogP contribution in [0.3, 0.4) is 0 Å². The van der Waals surface area contributed by atoms with E-state index in [9.17, 15) is 0 Å². The van der Waals surface area contributed by atoms with Crippen molar-refractivity contribution in [3.63, 3.8) is 0 Å². The summed E-state index contributed by atoms with van der Waals surface area (Å²) in [4.78, 5) is 0. The molecule has 0 atom stereocenters. The van der Waals surface area contributed by atoms with Crippen molar-refractivity contribution in [2.75, 3.05) is 5.32 Å². The first-order chi connectivity index (χ1) is 11.4. The summed E-state index contributed by atoms with van der Waals surface area (Å²) in [6, 6.07) is 20.8. The molecule has 0 unspecified atom stereocenters. The van der Waals surface area contributed by atoms with Crippen LogP contribution < -0.4 is 5.32 Å². The molecule has 122 valence electrons. The van der Waals surface area contributed by atoms with Crippen LogP contribution >= 0.6 is 0 Å². The molecular weight excluding hydrogens is 292 g/mol. The molecule has 0 fully saturated rings. The van der Waals surface area contributed by atoms with Gasteiger partial charge in [-0.3, -0.25) is 0 Å². The van der Waals surface area contributed by atoms with Crippen molar-refractivity contribution in [3.8, 4) is 0 Å². The minimum atomic E-state index is -0.189. The van der Waals surface area contributed by atoms with Crippen LogP contribution in [0.5, 0.6) is 0 Å². The number of para-hydroxylation sites is 1. The largest absolute Gasteiger partial charge is 0.354 e. The molecule has 0 aromatic heterocycles. The fourth-order valence-electron chi connectivity index (χ4n) is 2.90. The fraction of sp³-hybridized carbons (Fsp3) is 0.227. The van der Waals surface area contributed by atoms with Gasteiger partial charge in [-0.15, -0.1) is 0 Å². The van der Waals surface area contributed by atoms with Crippen molar-refractivity contribution in [2.45, 2.75) is 27.7 Å². The number of aryl methyl sites for hydroxylation is 1. The first-order valence-corrected chi connectivity index (χ1v) is 8.32. The third-order valence-corrected chi connectivity index (χ3v) is 4.34. The Labute approximate surface area is 144 Å². The molecule has 3 aromatic rings. The molecule has 0 amide bonds. The first kappa shape index (κ1) is 16.3. The van der Waals surface area contributed by atoms with E-state index < -0.39 is 0 Å². The molecule has 0 saturated heterocycles.